The van der Waals surface area contributed by atoms with E-state index in [-0.39, 0.29) is 0 Å². The molecule has 0 aliphatic rings. The first-order chi connectivity index (χ1) is 27.8. The largest absolute Gasteiger partial charge is 0.310 e. The van der Waals surface area contributed by atoms with Crippen LogP contribution in [-0.4, -0.2) is 4.57 Å². The number of anilines is 6. The molecule has 0 saturated carbocycles. The first-order valence-electron chi connectivity index (χ1n) is 19.0. The van der Waals surface area contributed by atoms with Crippen LogP contribution < -0.4 is 9.80 Å². The van der Waals surface area contributed by atoms with Crippen molar-refractivity contribution in [3.05, 3.63) is 212 Å². The zero-order valence-corrected chi connectivity index (χ0v) is 31.3. The third-order valence-electron chi connectivity index (χ3n) is 10.9. The number of rotatable bonds is 7. The summed E-state index contributed by atoms with van der Waals surface area (Å²) in [5.74, 6) is 0. The highest BCUT2D eigenvalue weighted by molar-refractivity contribution is 7.26. The summed E-state index contributed by atoms with van der Waals surface area (Å²) in [6.45, 7) is 0. The predicted molar refractivity (Wildman–Crippen MR) is 241 cm³/mol. The van der Waals surface area contributed by atoms with Crippen LogP contribution in [0.15, 0.2) is 212 Å². The van der Waals surface area contributed by atoms with Crippen LogP contribution in [0.5, 0.6) is 0 Å². The molecule has 0 aliphatic heterocycles. The SMILES string of the molecule is c1ccc(N(c2ccc(N(c3ccccc3)c3ccc4c5ccccc5n(-c5ccccc5)c4c3)cc2)c2ccc3c(c2)sc2ccc4ccccc4c23)cc1. The van der Waals surface area contributed by atoms with E-state index < -0.39 is 0 Å². The van der Waals surface area contributed by atoms with Crippen molar-refractivity contribution in [2.45, 2.75) is 0 Å². The van der Waals surface area contributed by atoms with Crippen molar-refractivity contribution in [3.8, 4) is 5.69 Å². The van der Waals surface area contributed by atoms with E-state index in [1.807, 2.05) is 11.3 Å². The molecular weight excluding hydrogens is 699 g/mol. The average Bonchev–Trinajstić information content (AvgIpc) is 3.81. The number of nitrogens with zero attached hydrogens (tertiary/aromatic N) is 3. The summed E-state index contributed by atoms with van der Waals surface area (Å²) in [5.41, 5.74) is 10.1. The number of hydrogen-bond donors (Lipinski definition) is 0. The van der Waals surface area contributed by atoms with Gasteiger partial charge in [-0.15, -0.1) is 11.3 Å². The molecular formula is C52H35N3S. The Morgan fingerprint density at radius 3 is 1.50 bits per heavy atom. The fourth-order valence-electron chi connectivity index (χ4n) is 8.43. The van der Waals surface area contributed by atoms with Gasteiger partial charge in [0.15, 0.2) is 0 Å². The van der Waals surface area contributed by atoms with Gasteiger partial charge in [0.05, 0.1) is 11.0 Å². The minimum Gasteiger partial charge on any atom is -0.310 e. The molecule has 264 valence electrons. The highest BCUT2D eigenvalue weighted by Crippen LogP contribution is 2.44. The lowest BCUT2D eigenvalue weighted by atomic mass is 10.0. The highest BCUT2D eigenvalue weighted by atomic mass is 32.1. The molecule has 11 rings (SSSR count). The predicted octanol–water partition coefficient (Wildman–Crippen LogP) is 15.2. The zero-order valence-electron chi connectivity index (χ0n) is 30.5. The number of thiophene rings is 1. The Labute approximate surface area is 329 Å². The summed E-state index contributed by atoms with van der Waals surface area (Å²) in [6.07, 6.45) is 0. The number of aromatic nitrogens is 1. The molecule has 56 heavy (non-hydrogen) atoms. The Morgan fingerprint density at radius 2 is 0.821 bits per heavy atom. The molecule has 0 atom stereocenters. The lowest BCUT2D eigenvalue weighted by molar-refractivity contribution is 1.18. The van der Waals surface area contributed by atoms with Crippen LogP contribution in [0.2, 0.25) is 0 Å². The summed E-state index contributed by atoms with van der Waals surface area (Å²) in [7, 11) is 0. The smallest absolute Gasteiger partial charge is 0.0561 e. The van der Waals surface area contributed by atoms with Crippen molar-refractivity contribution in [3.63, 3.8) is 0 Å². The Balaban J connectivity index is 1.04. The van der Waals surface area contributed by atoms with Gasteiger partial charge in [0.2, 0.25) is 0 Å². The van der Waals surface area contributed by atoms with Crippen molar-refractivity contribution in [1.29, 1.82) is 0 Å². The van der Waals surface area contributed by atoms with E-state index in [2.05, 4.69) is 227 Å². The first-order valence-corrected chi connectivity index (χ1v) is 19.8. The molecule has 9 aromatic carbocycles. The fraction of sp³-hybridized carbons (Fsp3) is 0. The molecule has 0 N–H and O–H groups in total. The van der Waals surface area contributed by atoms with Crippen molar-refractivity contribution in [2.24, 2.45) is 0 Å². The van der Waals surface area contributed by atoms with E-state index in [4.69, 9.17) is 0 Å². The maximum absolute atomic E-state index is 2.38. The van der Waals surface area contributed by atoms with Crippen molar-refractivity contribution in [1.82, 2.24) is 4.57 Å². The summed E-state index contributed by atoms with van der Waals surface area (Å²) < 4.78 is 4.98. The van der Waals surface area contributed by atoms with Crippen LogP contribution >= 0.6 is 11.3 Å². The van der Waals surface area contributed by atoms with Gasteiger partial charge in [0, 0.05) is 70.8 Å². The second-order valence-electron chi connectivity index (χ2n) is 14.2. The minimum absolute atomic E-state index is 1.08. The molecule has 2 heterocycles. The molecule has 0 amide bonds. The Bertz CT molecular complexity index is 3180. The fourth-order valence-corrected chi connectivity index (χ4v) is 9.58. The van der Waals surface area contributed by atoms with Crippen molar-refractivity contribution < 1.29 is 0 Å². The lowest BCUT2D eigenvalue weighted by Gasteiger charge is -2.28. The van der Waals surface area contributed by atoms with Gasteiger partial charge >= 0.3 is 0 Å². The number of fused-ring (bicyclic) bond motifs is 8. The molecule has 0 spiro atoms. The van der Waals surface area contributed by atoms with Gasteiger partial charge in [-0.2, -0.15) is 0 Å². The van der Waals surface area contributed by atoms with E-state index in [9.17, 15) is 0 Å². The van der Waals surface area contributed by atoms with Crippen LogP contribution in [-0.2, 0) is 0 Å². The topological polar surface area (TPSA) is 11.4 Å². The molecule has 0 saturated heterocycles. The molecule has 11 aromatic rings. The Morgan fingerprint density at radius 1 is 0.321 bits per heavy atom. The number of para-hydroxylation sites is 4. The van der Waals surface area contributed by atoms with Gasteiger partial charge in [-0.05, 0) is 108 Å². The van der Waals surface area contributed by atoms with Crippen LogP contribution in [0, 0.1) is 0 Å². The molecule has 2 aromatic heterocycles. The standard InChI is InChI=1S/C52H35N3S/c1-4-15-37(16-5-1)53(42-29-31-46-45-22-12-13-23-48(45)55(49(46)34-42)39-19-8-3-9-20-39)40-25-27-41(28-26-40)54(38-17-6-2-7-18-38)43-30-32-47-51(35-43)56-50-33-24-36-14-10-11-21-44(36)52(47)50/h1-35H. The maximum atomic E-state index is 2.38. The molecule has 4 heteroatoms. The van der Waals surface area contributed by atoms with Crippen molar-refractivity contribution >= 4 is 98.2 Å². The van der Waals surface area contributed by atoms with E-state index in [0.717, 1.165) is 39.8 Å². The van der Waals surface area contributed by atoms with Gasteiger partial charge < -0.3 is 14.4 Å². The third-order valence-corrected chi connectivity index (χ3v) is 12.0. The molecule has 0 aliphatic carbocycles. The quantitative estimate of drug-likeness (QED) is 0.162. The average molecular weight is 734 g/mol. The Kier molecular flexibility index (Phi) is 7.68. The van der Waals surface area contributed by atoms with Gasteiger partial charge in [-0.3, -0.25) is 0 Å². The molecule has 0 bridgehead atoms. The molecule has 3 nitrogen and oxygen atoms in total. The summed E-state index contributed by atoms with van der Waals surface area (Å²) in [6, 6.07) is 76.7. The van der Waals surface area contributed by atoms with Crippen LogP contribution in [0.3, 0.4) is 0 Å². The van der Waals surface area contributed by atoms with Crippen molar-refractivity contribution in [2.75, 3.05) is 9.80 Å². The van der Waals surface area contributed by atoms with Gasteiger partial charge in [0.25, 0.3) is 0 Å². The Hall–Kier alpha value is -7.14. The van der Waals surface area contributed by atoms with Gasteiger partial charge in [-0.1, -0.05) is 115 Å². The van der Waals surface area contributed by atoms with E-state index in [1.54, 1.807) is 0 Å². The second-order valence-corrected chi connectivity index (χ2v) is 15.3. The van der Waals surface area contributed by atoms with E-state index >= 15 is 0 Å². The van der Waals surface area contributed by atoms with Crippen LogP contribution in [0.1, 0.15) is 0 Å². The number of hydrogen-bond acceptors (Lipinski definition) is 3. The summed E-state index contributed by atoms with van der Waals surface area (Å²) >= 11 is 1.87. The summed E-state index contributed by atoms with van der Waals surface area (Å²) in [4.78, 5) is 4.72. The van der Waals surface area contributed by atoms with E-state index in [1.165, 1.54) is 52.8 Å². The molecule has 0 fully saturated rings. The third kappa shape index (κ3) is 5.34. The number of benzene rings is 9. The lowest BCUT2D eigenvalue weighted by Crippen LogP contribution is -2.12. The van der Waals surface area contributed by atoms with Crippen LogP contribution in [0.4, 0.5) is 34.1 Å². The summed E-state index contributed by atoms with van der Waals surface area (Å²) in [5, 5.41) is 7.71. The van der Waals surface area contributed by atoms with Gasteiger partial charge in [0.1, 0.15) is 0 Å². The zero-order chi connectivity index (χ0) is 37.0. The second kappa shape index (κ2) is 13.3. The molecule has 0 radical (unpaired) electrons. The van der Waals surface area contributed by atoms with Gasteiger partial charge in [-0.25, -0.2) is 0 Å². The molecule has 0 unspecified atom stereocenters. The van der Waals surface area contributed by atoms with Crippen LogP contribution in [0.25, 0.3) is 58.4 Å². The normalized spacial score (nSPS) is 11.6. The monoisotopic (exact) mass is 733 g/mol. The highest BCUT2D eigenvalue weighted by Gasteiger charge is 2.20. The van der Waals surface area contributed by atoms with E-state index in [0.29, 0.717) is 0 Å². The first kappa shape index (κ1) is 32.3. The maximum Gasteiger partial charge on any atom is 0.0561 e. The minimum atomic E-state index is 1.08.